The molecule has 0 bridgehead atoms. The van der Waals surface area contributed by atoms with Gasteiger partial charge in [0.1, 0.15) is 5.82 Å². The fourth-order valence-electron chi connectivity index (χ4n) is 2.06. The van der Waals surface area contributed by atoms with Gasteiger partial charge in [-0.05, 0) is 48.6 Å². The van der Waals surface area contributed by atoms with Gasteiger partial charge in [0.15, 0.2) is 0 Å². The van der Waals surface area contributed by atoms with E-state index >= 15 is 0 Å². The lowest BCUT2D eigenvalue weighted by atomic mass is 9.99. The maximum atomic E-state index is 13.4. The Morgan fingerprint density at radius 1 is 1.11 bits per heavy atom. The summed E-state index contributed by atoms with van der Waals surface area (Å²) >= 11 is 12.5. The Labute approximate surface area is 123 Å². The average molecular weight is 297 g/mol. The molecule has 2 aromatic rings. The quantitative estimate of drug-likeness (QED) is 0.645. The Morgan fingerprint density at radius 2 is 1.79 bits per heavy atom. The van der Waals surface area contributed by atoms with Gasteiger partial charge >= 0.3 is 0 Å². The second-order valence-corrected chi connectivity index (χ2v) is 5.66. The highest BCUT2D eigenvalue weighted by Gasteiger charge is 2.15. The number of aryl methyl sites for hydroxylation is 2. The van der Waals surface area contributed by atoms with Gasteiger partial charge in [0.25, 0.3) is 0 Å². The number of alkyl halides is 1. The third kappa shape index (κ3) is 3.29. The van der Waals surface area contributed by atoms with Gasteiger partial charge in [-0.3, -0.25) is 0 Å². The van der Waals surface area contributed by atoms with Gasteiger partial charge in [0, 0.05) is 5.02 Å². The van der Waals surface area contributed by atoms with E-state index in [1.54, 1.807) is 13.0 Å². The van der Waals surface area contributed by atoms with Gasteiger partial charge in [-0.15, -0.1) is 11.6 Å². The number of rotatable bonds is 3. The van der Waals surface area contributed by atoms with E-state index in [1.807, 2.05) is 12.1 Å². The lowest BCUT2D eigenvalue weighted by Crippen LogP contribution is -2.00. The first-order valence-electron chi connectivity index (χ1n) is 6.13. The molecular formula is C16H15Cl2F. The Balaban J connectivity index is 2.28. The van der Waals surface area contributed by atoms with E-state index in [2.05, 4.69) is 19.1 Å². The van der Waals surface area contributed by atoms with Crippen LogP contribution in [0, 0.1) is 19.7 Å². The molecule has 0 aromatic heterocycles. The SMILES string of the molecule is Cc1cc(C(Cl)Cc2ccccc2C)c(Cl)cc1F. The van der Waals surface area contributed by atoms with E-state index in [0.29, 0.717) is 17.0 Å². The van der Waals surface area contributed by atoms with Gasteiger partial charge in [0.2, 0.25) is 0 Å². The van der Waals surface area contributed by atoms with Crippen LogP contribution in [0.2, 0.25) is 5.02 Å². The molecule has 0 spiro atoms. The van der Waals surface area contributed by atoms with E-state index in [9.17, 15) is 4.39 Å². The summed E-state index contributed by atoms with van der Waals surface area (Å²) in [5, 5.41) is 0.129. The van der Waals surface area contributed by atoms with Crippen molar-refractivity contribution in [2.75, 3.05) is 0 Å². The molecule has 0 N–H and O–H groups in total. The fourth-order valence-corrected chi connectivity index (χ4v) is 2.75. The predicted molar refractivity (Wildman–Crippen MR) is 79.6 cm³/mol. The second kappa shape index (κ2) is 5.94. The third-order valence-electron chi connectivity index (χ3n) is 3.28. The maximum absolute atomic E-state index is 13.4. The molecule has 1 atom stereocenters. The topological polar surface area (TPSA) is 0 Å². The summed E-state index contributed by atoms with van der Waals surface area (Å²) in [6.45, 7) is 3.77. The van der Waals surface area contributed by atoms with Crippen molar-refractivity contribution in [2.45, 2.75) is 25.6 Å². The molecule has 0 fully saturated rings. The van der Waals surface area contributed by atoms with Gasteiger partial charge < -0.3 is 0 Å². The third-order valence-corrected chi connectivity index (χ3v) is 3.99. The molecule has 19 heavy (non-hydrogen) atoms. The number of hydrogen-bond donors (Lipinski definition) is 0. The van der Waals surface area contributed by atoms with E-state index < -0.39 is 0 Å². The smallest absolute Gasteiger partial charge is 0.127 e. The molecule has 0 amide bonds. The largest absolute Gasteiger partial charge is 0.207 e. The monoisotopic (exact) mass is 296 g/mol. The van der Waals surface area contributed by atoms with Crippen molar-refractivity contribution < 1.29 is 4.39 Å². The zero-order valence-electron chi connectivity index (χ0n) is 10.9. The van der Waals surface area contributed by atoms with Crippen LogP contribution in [-0.4, -0.2) is 0 Å². The van der Waals surface area contributed by atoms with Crippen molar-refractivity contribution in [1.82, 2.24) is 0 Å². The molecule has 0 nitrogen and oxygen atoms in total. The molecule has 0 heterocycles. The normalized spacial score (nSPS) is 12.5. The lowest BCUT2D eigenvalue weighted by Gasteiger charge is -2.14. The molecule has 0 aliphatic rings. The summed E-state index contributed by atoms with van der Waals surface area (Å²) in [5.41, 5.74) is 3.73. The highest BCUT2D eigenvalue weighted by Crippen LogP contribution is 2.33. The van der Waals surface area contributed by atoms with E-state index in [0.717, 1.165) is 5.56 Å². The van der Waals surface area contributed by atoms with E-state index in [1.165, 1.54) is 17.2 Å². The average Bonchev–Trinajstić information content (AvgIpc) is 2.36. The van der Waals surface area contributed by atoms with Crippen LogP contribution in [-0.2, 0) is 6.42 Å². The van der Waals surface area contributed by atoms with Gasteiger partial charge in [-0.1, -0.05) is 41.9 Å². The van der Waals surface area contributed by atoms with Crippen LogP contribution in [0.25, 0.3) is 0 Å². The molecule has 0 saturated heterocycles. The molecule has 0 aliphatic heterocycles. The summed E-state index contributed by atoms with van der Waals surface area (Å²) in [6.07, 6.45) is 0.680. The molecule has 1 unspecified atom stereocenters. The molecule has 0 saturated carbocycles. The number of benzene rings is 2. The van der Waals surface area contributed by atoms with Crippen LogP contribution in [0.4, 0.5) is 4.39 Å². The Hall–Kier alpha value is -1.05. The first kappa shape index (κ1) is 14.4. The minimum atomic E-state index is -0.298. The van der Waals surface area contributed by atoms with Crippen molar-refractivity contribution in [3.8, 4) is 0 Å². The van der Waals surface area contributed by atoms with Crippen LogP contribution in [0.5, 0.6) is 0 Å². The minimum Gasteiger partial charge on any atom is -0.207 e. The Morgan fingerprint density at radius 3 is 2.47 bits per heavy atom. The van der Waals surface area contributed by atoms with Gasteiger partial charge in [-0.25, -0.2) is 4.39 Å². The predicted octanol–water partition coefficient (Wildman–Crippen LogP) is 5.62. The van der Waals surface area contributed by atoms with Crippen molar-refractivity contribution in [2.24, 2.45) is 0 Å². The number of halogens is 3. The van der Waals surface area contributed by atoms with Crippen LogP contribution in [0.3, 0.4) is 0 Å². The zero-order valence-corrected chi connectivity index (χ0v) is 12.4. The van der Waals surface area contributed by atoms with Crippen molar-refractivity contribution in [3.05, 3.63) is 69.5 Å². The molecule has 0 radical (unpaired) electrons. The van der Waals surface area contributed by atoms with Crippen molar-refractivity contribution in [3.63, 3.8) is 0 Å². The Bertz CT molecular complexity index is 593. The van der Waals surface area contributed by atoms with Crippen LogP contribution < -0.4 is 0 Å². The molecular weight excluding hydrogens is 282 g/mol. The maximum Gasteiger partial charge on any atom is 0.127 e. The highest BCUT2D eigenvalue weighted by atomic mass is 35.5. The molecule has 100 valence electrons. The van der Waals surface area contributed by atoms with E-state index in [4.69, 9.17) is 23.2 Å². The summed E-state index contributed by atoms with van der Waals surface area (Å²) in [6, 6.07) is 11.2. The Kier molecular flexibility index (Phi) is 4.49. The highest BCUT2D eigenvalue weighted by molar-refractivity contribution is 6.32. The first-order valence-corrected chi connectivity index (χ1v) is 6.94. The fraction of sp³-hybridized carbons (Fsp3) is 0.250. The second-order valence-electron chi connectivity index (χ2n) is 4.72. The van der Waals surface area contributed by atoms with Gasteiger partial charge in [0.05, 0.1) is 5.38 Å². The standard InChI is InChI=1S/C16H15Cl2F/c1-10-5-3-4-6-12(10)8-14(17)13-7-11(2)16(19)9-15(13)18/h3-7,9,14H,8H2,1-2H3. The first-order chi connectivity index (χ1) is 8.99. The van der Waals surface area contributed by atoms with Gasteiger partial charge in [-0.2, -0.15) is 0 Å². The summed E-state index contributed by atoms with van der Waals surface area (Å²) in [5.74, 6) is -0.298. The molecule has 3 heteroatoms. The lowest BCUT2D eigenvalue weighted by molar-refractivity contribution is 0.617. The van der Waals surface area contributed by atoms with Crippen LogP contribution in [0.1, 0.15) is 27.6 Å². The molecule has 2 rings (SSSR count). The van der Waals surface area contributed by atoms with Crippen molar-refractivity contribution >= 4 is 23.2 Å². The summed E-state index contributed by atoms with van der Waals surface area (Å²) in [4.78, 5) is 0. The van der Waals surface area contributed by atoms with Crippen LogP contribution in [0.15, 0.2) is 36.4 Å². The zero-order chi connectivity index (χ0) is 14.0. The molecule has 2 aromatic carbocycles. The summed E-state index contributed by atoms with van der Waals surface area (Å²) in [7, 11) is 0. The van der Waals surface area contributed by atoms with Crippen LogP contribution >= 0.6 is 23.2 Å². The van der Waals surface area contributed by atoms with Crippen molar-refractivity contribution in [1.29, 1.82) is 0 Å². The minimum absolute atomic E-state index is 0.257. The summed E-state index contributed by atoms with van der Waals surface area (Å²) < 4.78 is 13.4. The van der Waals surface area contributed by atoms with E-state index in [-0.39, 0.29) is 11.2 Å². The number of hydrogen-bond acceptors (Lipinski definition) is 0. The molecule has 0 aliphatic carbocycles.